The Labute approximate surface area is 119 Å². The second-order valence-corrected chi connectivity index (χ2v) is 4.68. The molecule has 0 spiro atoms. The maximum atomic E-state index is 9.63. The number of aromatic nitrogens is 2. The summed E-state index contributed by atoms with van der Waals surface area (Å²) in [6, 6.07) is 5.44. The number of phenols is 1. The van der Waals surface area contributed by atoms with Crippen molar-refractivity contribution in [1.29, 1.82) is 0 Å². The molecule has 2 aromatic rings. The molecule has 2 N–H and O–H groups in total. The van der Waals surface area contributed by atoms with E-state index >= 15 is 0 Å². The first kappa shape index (κ1) is 14.4. The minimum Gasteiger partial charge on any atom is -0.504 e. The first-order valence-electron chi connectivity index (χ1n) is 6.82. The number of phenolic OH excluding ortho intramolecular Hbond substituents is 1. The lowest BCUT2D eigenvalue weighted by molar-refractivity contribution is 0.317. The van der Waals surface area contributed by atoms with Gasteiger partial charge in [0.2, 0.25) is 0 Å². The quantitative estimate of drug-likeness (QED) is 0.757. The number of aryl methyl sites for hydroxylation is 1. The summed E-state index contributed by atoms with van der Waals surface area (Å²) in [7, 11) is 1.92. The maximum Gasteiger partial charge on any atom is 0.161 e. The average Bonchev–Trinajstić information content (AvgIpc) is 2.84. The molecule has 1 aromatic carbocycles. The normalized spacial score (nSPS) is 10.7. The van der Waals surface area contributed by atoms with Gasteiger partial charge < -0.3 is 15.2 Å². The van der Waals surface area contributed by atoms with Crippen molar-refractivity contribution in [3.8, 4) is 11.5 Å². The van der Waals surface area contributed by atoms with Gasteiger partial charge in [0, 0.05) is 19.8 Å². The first-order valence-corrected chi connectivity index (χ1v) is 6.82. The molecule has 0 unspecified atom stereocenters. The zero-order chi connectivity index (χ0) is 14.4. The number of ether oxygens (including phenoxy) is 1. The van der Waals surface area contributed by atoms with Gasteiger partial charge in [-0.1, -0.05) is 6.07 Å². The SMILES string of the molecule is CCOc1cc(CNCCc2cnn(C)c2)ccc1O. The molecule has 2 rings (SSSR count). The van der Waals surface area contributed by atoms with Gasteiger partial charge in [0.05, 0.1) is 12.8 Å². The van der Waals surface area contributed by atoms with Crippen LogP contribution in [0.3, 0.4) is 0 Å². The molecule has 0 aliphatic carbocycles. The Morgan fingerprint density at radius 3 is 2.90 bits per heavy atom. The number of hydrogen-bond donors (Lipinski definition) is 2. The topological polar surface area (TPSA) is 59.3 Å². The number of nitrogens with one attached hydrogen (secondary N) is 1. The van der Waals surface area contributed by atoms with Crippen LogP contribution in [0.5, 0.6) is 11.5 Å². The Bertz CT molecular complexity index is 552. The fraction of sp³-hybridized carbons (Fsp3) is 0.400. The third-order valence-corrected chi connectivity index (χ3v) is 3.00. The molecule has 0 aliphatic heterocycles. The van der Waals surface area contributed by atoms with E-state index in [9.17, 15) is 5.11 Å². The van der Waals surface area contributed by atoms with Crippen molar-refractivity contribution in [1.82, 2.24) is 15.1 Å². The second kappa shape index (κ2) is 6.96. The summed E-state index contributed by atoms with van der Waals surface area (Å²) in [4.78, 5) is 0. The molecule has 0 radical (unpaired) electrons. The zero-order valence-electron chi connectivity index (χ0n) is 12.0. The Morgan fingerprint density at radius 2 is 2.20 bits per heavy atom. The number of nitrogens with zero attached hydrogens (tertiary/aromatic N) is 2. The van der Waals surface area contributed by atoms with E-state index in [0.717, 1.165) is 25.1 Å². The highest BCUT2D eigenvalue weighted by atomic mass is 16.5. The fourth-order valence-electron chi connectivity index (χ4n) is 2.01. The van der Waals surface area contributed by atoms with Crippen LogP contribution in [0.4, 0.5) is 0 Å². The molecule has 1 aromatic heterocycles. The van der Waals surface area contributed by atoms with E-state index in [0.29, 0.717) is 12.4 Å². The van der Waals surface area contributed by atoms with Gasteiger partial charge in [-0.2, -0.15) is 5.10 Å². The molecule has 108 valence electrons. The number of aromatic hydroxyl groups is 1. The second-order valence-electron chi connectivity index (χ2n) is 4.68. The van der Waals surface area contributed by atoms with Crippen LogP contribution < -0.4 is 10.1 Å². The largest absolute Gasteiger partial charge is 0.504 e. The number of hydrogen-bond acceptors (Lipinski definition) is 4. The summed E-state index contributed by atoms with van der Waals surface area (Å²) in [5, 5.41) is 17.1. The van der Waals surface area contributed by atoms with E-state index in [1.165, 1.54) is 5.56 Å². The van der Waals surface area contributed by atoms with Crippen molar-refractivity contribution in [3.05, 3.63) is 41.7 Å². The Balaban J connectivity index is 1.80. The maximum absolute atomic E-state index is 9.63. The predicted octanol–water partition coefficient (Wildman–Crippen LogP) is 1.86. The molecule has 0 bridgehead atoms. The van der Waals surface area contributed by atoms with Gasteiger partial charge in [-0.3, -0.25) is 4.68 Å². The van der Waals surface area contributed by atoms with Crippen LogP contribution in [-0.2, 0) is 20.0 Å². The number of rotatable bonds is 7. The molecule has 0 fully saturated rings. The summed E-state index contributed by atoms with van der Waals surface area (Å²) in [5.41, 5.74) is 2.32. The Kier molecular flexibility index (Phi) is 5.01. The molecule has 0 saturated heterocycles. The van der Waals surface area contributed by atoms with Gasteiger partial charge in [-0.15, -0.1) is 0 Å². The van der Waals surface area contributed by atoms with Gasteiger partial charge in [0.1, 0.15) is 0 Å². The molecule has 0 atom stereocenters. The van der Waals surface area contributed by atoms with E-state index in [-0.39, 0.29) is 5.75 Å². The summed E-state index contributed by atoms with van der Waals surface area (Å²) in [6.45, 7) is 4.08. The van der Waals surface area contributed by atoms with E-state index in [4.69, 9.17) is 4.74 Å². The van der Waals surface area contributed by atoms with E-state index in [1.54, 1.807) is 6.07 Å². The Morgan fingerprint density at radius 1 is 1.35 bits per heavy atom. The van der Waals surface area contributed by atoms with Gasteiger partial charge in [-0.25, -0.2) is 0 Å². The van der Waals surface area contributed by atoms with Crippen molar-refractivity contribution in [2.75, 3.05) is 13.2 Å². The van der Waals surface area contributed by atoms with Crippen molar-refractivity contribution in [2.45, 2.75) is 19.9 Å². The van der Waals surface area contributed by atoms with Crippen molar-refractivity contribution >= 4 is 0 Å². The van der Waals surface area contributed by atoms with Crippen LogP contribution in [-0.4, -0.2) is 28.0 Å². The molecule has 0 amide bonds. The van der Waals surface area contributed by atoms with E-state index in [1.807, 2.05) is 43.2 Å². The molecule has 0 saturated carbocycles. The summed E-state index contributed by atoms with van der Waals surface area (Å²) >= 11 is 0. The molecule has 5 nitrogen and oxygen atoms in total. The number of benzene rings is 1. The van der Waals surface area contributed by atoms with Gasteiger partial charge in [0.25, 0.3) is 0 Å². The zero-order valence-corrected chi connectivity index (χ0v) is 12.0. The van der Waals surface area contributed by atoms with Gasteiger partial charge >= 0.3 is 0 Å². The monoisotopic (exact) mass is 275 g/mol. The first-order chi connectivity index (χ1) is 9.69. The van der Waals surface area contributed by atoms with E-state index < -0.39 is 0 Å². The summed E-state index contributed by atoms with van der Waals surface area (Å²) < 4.78 is 7.18. The smallest absolute Gasteiger partial charge is 0.161 e. The highest BCUT2D eigenvalue weighted by molar-refractivity contribution is 5.41. The van der Waals surface area contributed by atoms with Gasteiger partial charge in [-0.05, 0) is 43.1 Å². The van der Waals surface area contributed by atoms with Crippen LogP contribution in [0.15, 0.2) is 30.6 Å². The van der Waals surface area contributed by atoms with Crippen LogP contribution in [0, 0.1) is 0 Å². The Hall–Kier alpha value is -2.01. The van der Waals surface area contributed by atoms with Crippen molar-refractivity contribution < 1.29 is 9.84 Å². The van der Waals surface area contributed by atoms with Crippen LogP contribution in [0.1, 0.15) is 18.1 Å². The van der Waals surface area contributed by atoms with Gasteiger partial charge in [0.15, 0.2) is 11.5 Å². The highest BCUT2D eigenvalue weighted by Gasteiger charge is 2.03. The van der Waals surface area contributed by atoms with Crippen LogP contribution in [0.2, 0.25) is 0 Å². The minimum absolute atomic E-state index is 0.186. The molecular formula is C15H21N3O2. The molecule has 20 heavy (non-hydrogen) atoms. The third-order valence-electron chi connectivity index (χ3n) is 3.00. The summed E-state index contributed by atoms with van der Waals surface area (Å²) in [5.74, 6) is 0.727. The van der Waals surface area contributed by atoms with Crippen molar-refractivity contribution in [3.63, 3.8) is 0 Å². The van der Waals surface area contributed by atoms with Crippen LogP contribution >= 0.6 is 0 Å². The van der Waals surface area contributed by atoms with Crippen LogP contribution in [0.25, 0.3) is 0 Å². The lowest BCUT2D eigenvalue weighted by Crippen LogP contribution is -2.16. The average molecular weight is 275 g/mol. The standard InChI is InChI=1S/C15H21N3O2/c1-3-20-15-8-12(4-5-14(15)19)9-16-7-6-13-10-17-18(2)11-13/h4-5,8,10-11,16,19H,3,6-7,9H2,1-2H3. The predicted molar refractivity (Wildman–Crippen MR) is 77.9 cm³/mol. The molecule has 1 heterocycles. The fourth-order valence-corrected chi connectivity index (χ4v) is 2.01. The minimum atomic E-state index is 0.186. The lowest BCUT2D eigenvalue weighted by Gasteiger charge is -2.09. The molecule has 5 heteroatoms. The van der Waals surface area contributed by atoms with Crippen molar-refractivity contribution in [2.24, 2.45) is 7.05 Å². The summed E-state index contributed by atoms with van der Waals surface area (Å²) in [6.07, 6.45) is 4.86. The highest BCUT2D eigenvalue weighted by Crippen LogP contribution is 2.26. The third kappa shape index (κ3) is 3.99. The molecule has 0 aliphatic rings. The van der Waals surface area contributed by atoms with E-state index in [2.05, 4.69) is 10.4 Å². The molecular weight excluding hydrogens is 254 g/mol. The lowest BCUT2D eigenvalue weighted by atomic mass is 10.2.